The van der Waals surface area contributed by atoms with E-state index in [1.165, 1.54) is 32.4 Å². The minimum absolute atomic E-state index is 0.810. The first-order chi connectivity index (χ1) is 7.86. The van der Waals surface area contributed by atoms with Gasteiger partial charge in [-0.25, -0.2) is 4.98 Å². The fourth-order valence-electron chi connectivity index (χ4n) is 2.10. The quantitative estimate of drug-likeness (QED) is 0.734. The molecule has 1 aromatic heterocycles. The molecule has 1 aliphatic rings. The Morgan fingerprint density at radius 1 is 1.31 bits per heavy atom. The van der Waals surface area contributed by atoms with E-state index >= 15 is 0 Å². The summed E-state index contributed by atoms with van der Waals surface area (Å²) in [5, 5.41) is 7.45. The molecule has 5 nitrogen and oxygen atoms in total. The van der Waals surface area contributed by atoms with Crippen molar-refractivity contribution in [2.75, 3.05) is 26.2 Å². The van der Waals surface area contributed by atoms with Crippen LogP contribution in [0.4, 0.5) is 0 Å². The first kappa shape index (κ1) is 11.5. The predicted molar refractivity (Wildman–Crippen MR) is 63.0 cm³/mol. The zero-order valence-electron chi connectivity index (χ0n) is 10.0. The van der Waals surface area contributed by atoms with Gasteiger partial charge in [0.15, 0.2) is 0 Å². The van der Waals surface area contributed by atoms with Crippen LogP contribution >= 0.6 is 0 Å². The zero-order chi connectivity index (χ0) is 11.2. The van der Waals surface area contributed by atoms with Crippen molar-refractivity contribution in [1.29, 1.82) is 0 Å². The summed E-state index contributed by atoms with van der Waals surface area (Å²) in [5.41, 5.74) is 0. The van der Waals surface area contributed by atoms with Gasteiger partial charge in [-0.3, -0.25) is 4.68 Å². The molecule has 0 amide bonds. The molecule has 1 saturated heterocycles. The molecule has 0 bridgehead atoms. The fraction of sp³-hybridized carbons (Fsp3) is 0.818. The fourth-order valence-corrected chi connectivity index (χ4v) is 2.10. The third kappa shape index (κ3) is 3.28. The van der Waals surface area contributed by atoms with Crippen molar-refractivity contribution in [2.24, 2.45) is 7.05 Å². The van der Waals surface area contributed by atoms with Gasteiger partial charge >= 0.3 is 0 Å². The predicted octanol–water partition coefficient (Wildman–Crippen LogP) is 0.391. The minimum Gasteiger partial charge on any atom is -0.309 e. The highest BCUT2D eigenvalue weighted by atomic mass is 15.3. The highest BCUT2D eigenvalue weighted by molar-refractivity contribution is 4.82. The molecule has 0 atom stereocenters. The Hall–Kier alpha value is -0.940. The van der Waals surface area contributed by atoms with E-state index in [0.29, 0.717) is 0 Å². The molecule has 1 aromatic rings. The van der Waals surface area contributed by atoms with Crippen LogP contribution in [0.2, 0.25) is 0 Å². The first-order valence-corrected chi connectivity index (χ1v) is 6.12. The average Bonchev–Trinajstić information content (AvgIpc) is 2.72. The first-order valence-electron chi connectivity index (χ1n) is 6.12. The molecule has 5 heteroatoms. The van der Waals surface area contributed by atoms with Gasteiger partial charge in [0.05, 0.1) is 6.54 Å². The summed E-state index contributed by atoms with van der Waals surface area (Å²) in [6, 6.07) is 0. The third-order valence-corrected chi connectivity index (χ3v) is 3.14. The largest absolute Gasteiger partial charge is 0.309 e. The Morgan fingerprint density at radius 2 is 2.12 bits per heavy atom. The number of rotatable bonds is 5. The van der Waals surface area contributed by atoms with E-state index < -0.39 is 0 Å². The Balaban J connectivity index is 1.59. The van der Waals surface area contributed by atoms with Gasteiger partial charge in [0.2, 0.25) is 0 Å². The monoisotopic (exact) mass is 223 g/mol. The maximum absolute atomic E-state index is 4.18. The zero-order valence-corrected chi connectivity index (χ0v) is 10.0. The van der Waals surface area contributed by atoms with Crippen molar-refractivity contribution >= 4 is 0 Å². The molecule has 2 rings (SSSR count). The van der Waals surface area contributed by atoms with Gasteiger partial charge in [-0.15, -0.1) is 0 Å². The number of likely N-dealkylation sites (tertiary alicyclic amines) is 1. The summed E-state index contributed by atoms with van der Waals surface area (Å²) in [6.07, 6.45) is 5.73. The van der Waals surface area contributed by atoms with Crippen molar-refractivity contribution in [3.63, 3.8) is 0 Å². The van der Waals surface area contributed by atoms with Crippen LogP contribution in [0.25, 0.3) is 0 Å². The number of aryl methyl sites for hydroxylation is 1. The highest BCUT2D eigenvalue weighted by Gasteiger charge is 2.08. The van der Waals surface area contributed by atoms with Crippen molar-refractivity contribution in [3.05, 3.63) is 12.2 Å². The number of nitrogens with one attached hydrogen (secondary N) is 1. The normalized spacial score (nSPS) is 17.8. The van der Waals surface area contributed by atoms with E-state index in [4.69, 9.17) is 0 Å². The van der Waals surface area contributed by atoms with Gasteiger partial charge in [0, 0.05) is 20.1 Å². The molecule has 1 aliphatic heterocycles. The molecule has 0 spiro atoms. The maximum atomic E-state index is 4.18. The van der Waals surface area contributed by atoms with Crippen molar-refractivity contribution in [3.8, 4) is 0 Å². The average molecular weight is 223 g/mol. The Bertz CT molecular complexity index is 303. The lowest BCUT2D eigenvalue weighted by Gasteiger charge is -2.26. The van der Waals surface area contributed by atoms with E-state index in [9.17, 15) is 0 Å². The SMILES string of the molecule is Cn1ncnc1CNCCN1CCCCC1. The summed E-state index contributed by atoms with van der Waals surface area (Å²) < 4.78 is 1.81. The Morgan fingerprint density at radius 3 is 2.81 bits per heavy atom. The van der Waals surface area contributed by atoms with Crippen LogP contribution in [0.3, 0.4) is 0 Å². The van der Waals surface area contributed by atoms with Crippen molar-refractivity contribution < 1.29 is 0 Å². The molecule has 0 aromatic carbocycles. The molecule has 0 radical (unpaired) electrons. The summed E-state index contributed by atoms with van der Waals surface area (Å²) in [7, 11) is 1.93. The molecule has 0 aliphatic carbocycles. The van der Waals surface area contributed by atoms with Crippen LogP contribution in [0.1, 0.15) is 25.1 Å². The van der Waals surface area contributed by atoms with Gasteiger partial charge in [0.25, 0.3) is 0 Å². The topological polar surface area (TPSA) is 46.0 Å². The molecule has 16 heavy (non-hydrogen) atoms. The standard InChI is InChI=1S/C11H21N5/c1-15-11(13-10-14-15)9-12-5-8-16-6-3-2-4-7-16/h10,12H,2-9H2,1H3. The van der Waals surface area contributed by atoms with Crippen molar-refractivity contribution in [2.45, 2.75) is 25.8 Å². The van der Waals surface area contributed by atoms with Gasteiger partial charge < -0.3 is 10.2 Å². The molecule has 0 unspecified atom stereocenters. The lowest BCUT2D eigenvalue weighted by atomic mass is 10.1. The Kier molecular flexibility index (Phi) is 4.30. The number of piperidine rings is 1. The second kappa shape index (κ2) is 5.96. The number of aromatic nitrogens is 3. The van der Waals surface area contributed by atoms with Crippen LogP contribution in [0.5, 0.6) is 0 Å². The smallest absolute Gasteiger partial charge is 0.140 e. The molecule has 90 valence electrons. The molecule has 1 N–H and O–H groups in total. The van der Waals surface area contributed by atoms with Gasteiger partial charge in [-0.1, -0.05) is 6.42 Å². The molecule has 2 heterocycles. The lowest BCUT2D eigenvalue weighted by molar-refractivity contribution is 0.228. The molecule has 0 saturated carbocycles. The van der Waals surface area contributed by atoms with E-state index in [-0.39, 0.29) is 0 Å². The van der Waals surface area contributed by atoms with Gasteiger partial charge in [-0.05, 0) is 25.9 Å². The van der Waals surface area contributed by atoms with Crippen LogP contribution in [-0.2, 0) is 13.6 Å². The third-order valence-electron chi connectivity index (χ3n) is 3.14. The van der Waals surface area contributed by atoms with Crippen LogP contribution in [0, 0.1) is 0 Å². The van der Waals surface area contributed by atoms with Gasteiger partial charge in [0.1, 0.15) is 12.2 Å². The molecular weight excluding hydrogens is 202 g/mol. The second-order valence-electron chi connectivity index (χ2n) is 4.38. The number of hydrogen-bond acceptors (Lipinski definition) is 4. The summed E-state index contributed by atoms with van der Waals surface area (Å²) >= 11 is 0. The maximum Gasteiger partial charge on any atom is 0.140 e. The van der Waals surface area contributed by atoms with Crippen molar-refractivity contribution in [1.82, 2.24) is 25.0 Å². The van der Waals surface area contributed by atoms with E-state index in [1.807, 2.05) is 11.7 Å². The second-order valence-corrected chi connectivity index (χ2v) is 4.38. The molecule has 1 fully saturated rings. The number of hydrogen-bond donors (Lipinski definition) is 1. The minimum atomic E-state index is 0.810. The van der Waals surface area contributed by atoms with E-state index in [0.717, 1.165) is 25.5 Å². The highest BCUT2D eigenvalue weighted by Crippen LogP contribution is 2.07. The summed E-state index contributed by atoms with van der Waals surface area (Å²) in [6.45, 7) is 5.53. The van der Waals surface area contributed by atoms with E-state index in [2.05, 4.69) is 20.3 Å². The van der Waals surface area contributed by atoms with E-state index in [1.54, 1.807) is 6.33 Å². The number of nitrogens with zero attached hydrogens (tertiary/aromatic N) is 4. The van der Waals surface area contributed by atoms with Crippen LogP contribution in [-0.4, -0.2) is 45.8 Å². The van der Waals surface area contributed by atoms with Gasteiger partial charge in [-0.2, -0.15) is 5.10 Å². The molecular formula is C11H21N5. The van der Waals surface area contributed by atoms with Crippen LogP contribution < -0.4 is 5.32 Å². The Labute approximate surface area is 96.8 Å². The lowest BCUT2D eigenvalue weighted by Crippen LogP contribution is -2.35. The summed E-state index contributed by atoms with van der Waals surface area (Å²) in [5.74, 6) is 0.999. The summed E-state index contributed by atoms with van der Waals surface area (Å²) in [4.78, 5) is 6.71. The van der Waals surface area contributed by atoms with Crippen LogP contribution in [0.15, 0.2) is 6.33 Å².